The van der Waals surface area contributed by atoms with Crippen molar-refractivity contribution in [2.45, 2.75) is 25.2 Å². The number of carbonyl (C=O) groups is 1. The summed E-state index contributed by atoms with van der Waals surface area (Å²) in [7, 11) is 0. The first-order valence-corrected chi connectivity index (χ1v) is 7.71. The molecule has 0 bridgehead atoms. The van der Waals surface area contributed by atoms with Crippen molar-refractivity contribution in [3.05, 3.63) is 65.2 Å². The minimum absolute atomic E-state index is 0.518. The van der Waals surface area contributed by atoms with Crippen LogP contribution in [0.3, 0.4) is 0 Å². The van der Waals surface area contributed by atoms with Gasteiger partial charge in [0.2, 0.25) is 0 Å². The van der Waals surface area contributed by atoms with Crippen molar-refractivity contribution in [2.75, 3.05) is 6.61 Å². The molecule has 2 aromatic carbocycles. The molecule has 0 aliphatic carbocycles. The number of hydrogen-bond acceptors (Lipinski definition) is 2. The second-order valence-electron chi connectivity index (χ2n) is 5.10. The first kappa shape index (κ1) is 16.4. The Morgan fingerprint density at radius 2 is 1.86 bits per heavy atom. The molecule has 0 saturated heterocycles. The molecule has 1 atom stereocenters. The first-order valence-electron chi connectivity index (χ1n) is 7.33. The maximum Gasteiger partial charge on any atom is 0.310 e. The average Bonchev–Trinajstić information content (AvgIpc) is 2.51. The number of ether oxygens (including phenoxy) is 1. The molecule has 0 aromatic heterocycles. The molecule has 3 nitrogen and oxygen atoms in total. The zero-order valence-electron chi connectivity index (χ0n) is 12.2. The third kappa shape index (κ3) is 5.08. The summed E-state index contributed by atoms with van der Waals surface area (Å²) in [6.07, 6.45) is 2.18. The molecule has 0 radical (unpaired) electrons. The molecule has 0 amide bonds. The summed E-state index contributed by atoms with van der Waals surface area (Å²) in [6, 6.07) is 16.7. The SMILES string of the molecule is O=C(O)C(CCCCOc1ccccc1)c1cccc(Cl)c1. The summed E-state index contributed by atoms with van der Waals surface area (Å²) >= 11 is 5.93. The summed E-state index contributed by atoms with van der Waals surface area (Å²) in [5.41, 5.74) is 0.754. The van der Waals surface area contributed by atoms with Crippen molar-refractivity contribution in [2.24, 2.45) is 0 Å². The maximum atomic E-state index is 11.4. The van der Waals surface area contributed by atoms with Crippen LogP contribution in [0.4, 0.5) is 0 Å². The van der Waals surface area contributed by atoms with Crippen LogP contribution in [0.2, 0.25) is 5.02 Å². The predicted molar refractivity (Wildman–Crippen MR) is 87.6 cm³/mol. The van der Waals surface area contributed by atoms with Gasteiger partial charge in [0.1, 0.15) is 5.75 Å². The van der Waals surface area contributed by atoms with Gasteiger partial charge in [-0.3, -0.25) is 4.79 Å². The fourth-order valence-electron chi connectivity index (χ4n) is 2.31. The second kappa shape index (κ2) is 8.44. The highest BCUT2D eigenvalue weighted by Gasteiger charge is 2.19. The lowest BCUT2D eigenvalue weighted by Gasteiger charge is -2.13. The lowest BCUT2D eigenvalue weighted by Crippen LogP contribution is -2.12. The van der Waals surface area contributed by atoms with Gasteiger partial charge in [-0.1, -0.05) is 41.9 Å². The molecule has 0 aliphatic heterocycles. The summed E-state index contributed by atoms with van der Waals surface area (Å²) in [5, 5.41) is 9.94. The van der Waals surface area contributed by atoms with Crippen molar-refractivity contribution in [3.8, 4) is 5.75 Å². The van der Waals surface area contributed by atoms with E-state index in [2.05, 4.69) is 0 Å². The van der Waals surface area contributed by atoms with Crippen LogP contribution < -0.4 is 4.74 Å². The summed E-state index contributed by atoms with van der Waals surface area (Å²) in [5.74, 6) is -0.492. The fourth-order valence-corrected chi connectivity index (χ4v) is 2.51. The Bertz CT molecular complexity index is 598. The molecule has 0 heterocycles. The van der Waals surface area contributed by atoms with E-state index in [1.54, 1.807) is 18.2 Å². The van der Waals surface area contributed by atoms with E-state index >= 15 is 0 Å². The monoisotopic (exact) mass is 318 g/mol. The van der Waals surface area contributed by atoms with E-state index in [1.807, 2.05) is 36.4 Å². The van der Waals surface area contributed by atoms with Gasteiger partial charge in [0, 0.05) is 5.02 Å². The van der Waals surface area contributed by atoms with Gasteiger partial charge in [0.25, 0.3) is 0 Å². The van der Waals surface area contributed by atoms with E-state index in [-0.39, 0.29) is 0 Å². The molecule has 2 aromatic rings. The molecule has 2 rings (SSSR count). The molecular weight excluding hydrogens is 300 g/mol. The molecule has 0 aliphatic rings. The Kier molecular flexibility index (Phi) is 6.28. The molecule has 1 N–H and O–H groups in total. The Morgan fingerprint density at radius 1 is 1.09 bits per heavy atom. The van der Waals surface area contributed by atoms with Crippen LogP contribution in [0.15, 0.2) is 54.6 Å². The normalized spacial score (nSPS) is 11.9. The Balaban J connectivity index is 1.79. The molecule has 22 heavy (non-hydrogen) atoms. The molecule has 0 spiro atoms. The minimum Gasteiger partial charge on any atom is -0.494 e. The highest BCUT2D eigenvalue weighted by atomic mass is 35.5. The van der Waals surface area contributed by atoms with Gasteiger partial charge in [0.15, 0.2) is 0 Å². The van der Waals surface area contributed by atoms with Crippen LogP contribution in [0.1, 0.15) is 30.7 Å². The molecule has 1 unspecified atom stereocenters. The zero-order valence-corrected chi connectivity index (χ0v) is 13.0. The lowest BCUT2D eigenvalue weighted by molar-refractivity contribution is -0.139. The Labute approximate surface area is 135 Å². The van der Waals surface area contributed by atoms with Crippen molar-refractivity contribution in [1.29, 1.82) is 0 Å². The van der Waals surface area contributed by atoms with Gasteiger partial charge in [-0.15, -0.1) is 0 Å². The van der Waals surface area contributed by atoms with Crippen molar-refractivity contribution < 1.29 is 14.6 Å². The van der Waals surface area contributed by atoms with Crippen molar-refractivity contribution >= 4 is 17.6 Å². The number of hydrogen-bond donors (Lipinski definition) is 1. The van der Waals surface area contributed by atoms with E-state index in [0.29, 0.717) is 18.1 Å². The van der Waals surface area contributed by atoms with Crippen LogP contribution in [0, 0.1) is 0 Å². The number of benzene rings is 2. The van der Waals surface area contributed by atoms with E-state index in [4.69, 9.17) is 16.3 Å². The van der Waals surface area contributed by atoms with Gasteiger partial charge in [-0.25, -0.2) is 0 Å². The van der Waals surface area contributed by atoms with E-state index in [0.717, 1.165) is 24.2 Å². The summed E-state index contributed by atoms with van der Waals surface area (Å²) < 4.78 is 5.60. The van der Waals surface area contributed by atoms with Crippen molar-refractivity contribution in [1.82, 2.24) is 0 Å². The molecule has 0 saturated carbocycles. The maximum absolute atomic E-state index is 11.4. The van der Waals surface area contributed by atoms with Gasteiger partial charge < -0.3 is 9.84 Å². The third-order valence-electron chi connectivity index (χ3n) is 3.45. The third-order valence-corrected chi connectivity index (χ3v) is 3.68. The number of unbranched alkanes of at least 4 members (excludes halogenated alkanes) is 1. The molecular formula is C18H19ClO3. The van der Waals surface area contributed by atoms with Gasteiger partial charge in [0.05, 0.1) is 12.5 Å². The number of carboxylic acid groups (broad SMARTS) is 1. The van der Waals surface area contributed by atoms with E-state index in [1.165, 1.54) is 0 Å². The van der Waals surface area contributed by atoms with Crippen LogP contribution in [0.5, 0.6) is 5.75 Å². The van der Waals surface area contributed by atoms with Crippen LogP contribution >= 0.6 is 11.6 Å². The van der Waals surface area contributed by atoms with Gasteiger partial charge >= 0.3 is 5.97 Å². The summed E-state index contributed by atoms with van der Waals surface area (Å²) in [4.78, 5) is 11.4. The zero-order chi connectivity index (χ0) is 15.8. The Hall–Kier alpha value is -2.00. The number of carboxylic acids is 1. The smallest absolute Gasteiger partial charge is 0.310 e. The molecule has 116 valence electrons. The average molecular weight is 319 g/mol. The fraction of sp³-hybridized carbons (Fsp3) is 0.278. The number of para-hydroxylation sites is 1. The van der Waals surface area contributed by atoms with Crippen LogP contribution in [-0.2, 0) is 4.79 Å². The minimum atomic E-state index is -0.814. The number of halogens is 1. The predicted octanol–water partition coefficient (Wildman–Crippen LogP) is 4.76. The Morgan fingerprint density at radius 3 is 2.55 bits per heavy atom. The van der Waals surface area contributed by atoms with E-state index in [9.17, 15) is 9.90 Å². The first-order chi connectivity index (χ1) is 10.7. The molecule has 0 fully saturated rings. The number of rotatable bonds is 8. The van der Waals surface area contributed by atoms with E-state index < -0.39 is 11.9 Å². The van der Waals surface area contributed by atoms with Gasteiger partial charge in [-0.05, 0) is 49.1 Å². The largest absolute Gasteiger partial charge is 0.494 e. The highest BCUT2D eigenvalue weighted by Crippen LogP contribution is 2.25. The quantitative estimate of drug-likeness (QED) is 0.714. The number of aliphatic carboxylic acids is 1. The topological polar surface area (TPSA) is 46.5 Å². The summed E-state index contributed by atoms with van der Waals surface area (Å²) in [6.45, 7) is 0.589. The highest BCUT2D eigenvalue weighted by molar-refractivity contribution is 6.30. The van der Waals surface area contributed by atoms with Gasteiger partial charge in [-0.2, -0.15) is 0 Å². The van der Waals surface area contributed by atoms with Crippen molar-refractivity contribution in [3.63, 3.8) is 0 Å². The second-order valence-corrected chi connectivity index (χ2v) is 5.54. The lowest BCUT2D eigenvalue weighted by atomic mass is 9.94. The van der Waals surface area contributed by atoms with Crippen LogP contribution in [0.25, 0.3) is 0 Å². The molecule has 4 heteroatoms. The van der Waals surface area contributed by atoms with Crippen LogP contribution in [-0.4, -0.2) is 17.7 Å². The standard InChI is InChI=1S/C18H19ClO3/c19-15-8-6-7-14(13-15)17(18(20)21)11-4-5-12-22-16-9-2-1-3-10-16/h1-3,6-10,13,17H,4-5,11-12H2,(H,20,21).